The first kappa shape index (κ1) is 14.4. The van der Waals surface area contributed by atoms with E-state index in [2.05, 4.69) is 20.4 Å². The van der Waals surface area contributed by atoms with E-state index in [-0.39, 0.29) is 5.91 Å². The van der Waals surface area contributed by atoms with E-state index in [9.17, 15) is 4.79 Å². The van der Waals surface area contributed by atoms with Crippen molar-refractivity contribution < 1.29 is 4.79 Å². The van der Waals surface area contributed by atoms with Crippen LogP contribution in [0.25, 0.3) is 0 Å². The molecule has 0 unspecified atom stereocenters. The molecule has 1 aromatic carbocycles. The van der Waals surface area contributed by atoms with E-state index in [4.69, 9.17) is 0 Å². The van der Waals surface area contributed by atoms with Crippen molar-refractivity contribution in [2.24, 2.45) is 0 Å². The standard InChI is InChI=1S/C15H15N5OS/c1-10-14(18-11(2)22-10)15(21)19-13-5-3-12(4-6-13)7-20-9-16-8-17-20/h3-6,8-9H,7H2,1-2H3,(H,19,21). The summed E-state index contributed by atoms with van der Waals surface area (Å²) < 4.78 is 1.75. The molecule has 112 valence electrons. The number of nitrogens with zero attached hydrogens (tertiary/aromatic N) is 4. The summed E-state index contributed by atoms with van der Waals surface area (Å²) in [5.74, 6) is -0.175. The highest BCUT2D eigenvalue weighted by molar-refractivity contribution is 7.11. The van der Waals surface area contributed by atoms with Crippen molar-refractivity contribution in [2.45, 2.75) is 20.4 Å². The topological polar surface area (TPSA) is 72.7 Å². The van der Waals surface area contributed by atoms with Gasteiger partial charge in [-0.2, -0.15) is 5.10 Å². The Morgan fingerprint density at radius 1 is 1.27 bits per heavy atom. The van der Waals surface area contributed by atoms with Gasteiger partial charge in [0.1, 0.15) is 18.3 Å². The molecule has 3 aromatic rings. The van der Waals surface area contributed by atoms with Crippen LogP contribution in [0.1, 0.15) is 25.9 Å². The Morgan fingerprint density at radius 3 is 2.64 bits per heavy atom. The second kappa shape index (κ2) is 6.07. The highest BCUT2D eigenvalue weighted by Gasteiger charge is 2.13. The number of carbonyl (C=O) groups excluding carboxylic acids is 1. The predicted octanol–water partition coefficient (Wildman–Crippen LogP) is 2.65. The lowest BCUT2D eigenvalue weighted by Crippen LogP contribution is -2.13. The van der Waals surface area contributed by atoms with Crippen LogP contribution in [0.3, 0.4) is 0 Å². The molecule has 1 N–H and O–H groups in total. The quantitative estimate of drug-likeness (QED) is 0.803. The largest absolute Gasteiger partial charge is 0.321 e. The zero-order valence-electron chi connectivity index (χ0n) is 12.3. The fourth-order valence-electron chi connectivity index (χ4n) is 2.12. The van der Waals surface area contributed by atoms with Crippen LogP contribution in [0.5, 0.6) is 0 Å². The van der Waals surface area contributed by atoms with Crippen molar-refractivity contribution in [3.8, 4) is 0 Å². The molecule has 0 atom stereocenters. The lowest BCUT2D eigenvalue weighted by Gasteiger charge is -2.06. The van der Waals surface area contributed by atoms with Crippen LogP contribution in [0.4, 0.5) is 5.69 Å². The highest BCUT2D eigenvalue weighted by Crippen LogP contribution is 2.18. The van der Waals surface area contributed by atoms with E-state index >= 15 is 0 Å². The summed E-state index contributed by atoms with van der Waals surface area (Å²) >= 11 is 1.53. The molecule has 0 bridgehead atoms. The molecule has 0 radical (unpaired) electrons. The molecule has 0 aliphatic heterocycles. The Balaban J connectivity index is 1.68. The fraction of sp³-hybridized carbons (Fsp3) is 0.200. The van der Waals surface area contributed by atoms with Crippen LogP contribution in [-0.2, 0) is 6.54 Å². The molecule has 0 spiro atoms. The SMILES string of the molecule is Cc1nc(C(=O)Nc2ccc(Cn3cncn3)cc2)c(C)s1. The van der Waals surface area contributed by atoms with Crippen LogP contribution >= 0.6 is 11.3 Å². The molecule has 1 amide bonds. The fourth-order valence-corrected chi connectivity index (χ4v) is 2.94. The number of rotatable bonds is 4. The third kappa shape index (κ3) is 3.20. The average molecular weight is 313 g/mol. The van der Waals surface area contributed by atoms with Gasteiger partial charge >= 0.3 is 0 Å². The first-order chi connectivity index (χ1) is 10.6. The van der Waals surface area contributed by atoms with Crippen molar-refractivity contribution in [1.82, 2.24) is 19.7 Å². The number of hydrogen-bond donors (Lipinski definition) is 1. The zero-order valence-corrected chi connectivity index (χ0v) is 13.1. The van der Waals surface area contributed by atoms with Gasteiger partial charge in [-0.05, 0) is 31.5 Å². The van der Waals surface area contributed by atoms with Gasteiger partial charge in [0.05, 0.1) is 11.6 Å². The Morgan fingerprint density at radius 2 is 2.05 bits per heavy atom. The highest BCUT2D eigenvalue weighted by atomic mass is 32.1. The van der Waals surface area contributed by atoms with E-state index in [1.54, 1.807) is 11.0 Å². The molecular weight excluding hydrogens is 298 g/mol. The van der Waals surface area contributed by atoms with Crippen molar-refractivity contribution in [1.29, 1.82) is 0 Å². The number of hydrogen-bond acceptors (Lipinski definition) is 5. The van der Waals surface area contributed by atoms with Gasteiger partial charge in [-0.1, -0.05) is 12.1 Å². The van der Waals surface area contributed by atoms with Crippen LogP contribution in [-0.4, -0.2) is 25.7 Å². The van der Waals surface area contributed by atoms with E-state index in [1.165, 1.54) is 17.7 Å². The second-order valence-corrected chi connectivity index (χ2v) is 6.29. The number of carbonyl (C=O) groups is 1. The molecule has 6 nitrogen and oxygen atoms in total. The smallest absolute Gasteiger partial charge is 0.275 e. The van der Waals surface area contributed by atoms with Gasteiger partial charge in [-0.25, -0.2) is 14.6 Å². The minimum atomic E-state index is -0.175. The first-order valence-corrected chi connectivity index (χ1v) is 7.60. The van der Waals surface area contributed by atoms with Crippen molar-refractivity contribution in [3.63, 3.8) is 0 Å². The number of amides is 1. The van der Waals surface area contributed by atoms with Crippen LogP contribution in [0.15, 0.2) is 36.9 Å². The number of thiazole rings is 1. The summed E-state index contributed by atoms with van der Waals surface area (Å²) in [6, 6.07) is 7.66. The normalized spacial score (nSPS) is 10.6. The third-order valence-electron chi connectivity index (χ3n) is 3.14. The van der Waals surface area contributed by atoms with Crippen molar-refractivity contribution in [3.05, 3.63) is 58.1 Å². The number of anilines is 1. The zero-order chi connectivity index (χ0) is 15.5. The van der Waals surface area contributed by atoms with Crippen LogP contribution < -0.4 is 5.32 Å². The van der Waals surface area contributed by atoms with E-state index in [1.807, 2.05) is 38.1 Å². The monoisotopic (exact) mass is 313 g/mol. The summed E-state index contributed by atoms with van der Waals surface area (Å²) in [6.45, 7) is 4.45. The molecule has 3 rings (SSSR count). The van der Waals surface area contributed by atoms with Gasteiger partial charge in [0.25, 0.3) is 5.91 Å². The van der Waals surface area contributed by atoms with Gasteiger partial charge < -0.3 is 5.32 Å². The van der Waals surface area contributed by atoms with Gasteiger partial charge in [0.2, 0.25) is 0 Å². The number of aryl methyl sites for hydroxylation is 2. The van der Waals surface area contributed by atoms with E-state index < -0.39 is 0 Å². The molecule has 2 heterocycles. The summed E-state index contributed by atoms with van der Waals surface area (Å²) in [4.78, 5) is 21.3. The summed E-state index contributed by atoms with van der Waals surface area (Å²) in [5, 5.41) is 7.83. The molecule has 0 aliphatic carbocycles. The van der Waals surface area contributed by atoms with E-state index in [0.29, 0.717) is 12.2 Å². The minimum Gasteiger partial charge on any atom is -0.321 e. The van der Waals surface area contributed by atoms with Gasteiger partial charge in [-0.15, -0.1) is 11.3 Å². The predicted molar refractivity (Wildman–Crippen MR) is 85.1 cm³/mol. The van der Waals surface area contributed by atoms with E-state index in [0.717, 1.165) is 21.1 Å². The molecular formula is C15H15N5OS. The number of nitrogens with one attached hydrogen (secondary N) is 1. The molecule has 22 heavy (non-hydrogen) atoms. The lowest BCUT2D eigenvalue weighted by atomic mass is 10.2. The van der Waals surface area contributed by atoms with Crippen molar-refractivity contribution in [2.75, 3.05) is 5.32 Å². The maximum Gasteiger partial charge on any atom is 0.275 e. The third-order valence-corrected chi connectivity index (χ3v) is 4.03. The molecule has 0 saturated heterocycles. The van der Waals surface area contributed by atoms with Crippen LogP contribution in [0.2, 0.25) is 0 Å². The number of benzene rings is 1. The summed E-state index contributed by atoms with van der Waals surface area (Å²) in [5.41, 5.74) is 2.33. The van der Waals surface area contributed by atoms with Gasteiger partial charge in [0.15, 0.2) is 0 Å². The molecule has 2 aromatic heterocycles. The summed E-state index contributed by atoms with van der Waals surface area (Å²) in [7, 11) is 0. The second-order valence-electron chi connectivity index (χ2n) is 4.88. The minimum absolute atomic E-state index is 0.175. The average Bonchev–Trinajstić information content (AvgIpc) is 3.10. The van der Waals surface area contributed by atoms with Crippen LogP contribution in [0, 0.1) is 13.8 Å². The van der Waals surface area contributed by atoms with Gasteiger partial charge in [-0.3, -0.25) is 4.79 Å². The first-order valence-electron chi connectivity index (χ1n) is 6.78. The molecule has 0 fully saturated rings. The maximum atomic E-state index is 12.2. The number of aromatic nitrogens is 4. The Hall–Kier alpha value is -2.54. The summed E-state index contributed by atoms with van der Waals surface area (Å²) in [6.07, 6.45) is 3.18. The van der Waals surface area contributed by atoms with Crippen molar-refractivity contribution >= 4 is 22.9 Å². The lowest BCUT2D eigenvalue weighted by molar-refractivity contribution is 0.102. The Bertz CT molecular complexity index is 777. The van der Waals surface area contributed by atoms with Gasteiger partial charge in [0, 0.05) is 10.6 Å². The maximum absolute atomic E-state index is 12.2. The molecule has 0 aliphatic rings. The Kier molecular flexibility index (Phi) is 3.97. The molecule has 7 heteroatoms. The molecule has 0 saturated carbocycles. The Labute approximate surface area is 131 Å².